The van der Waals surface area contributed by atoms with Gasteiger partial charge in [-0.15, -0.1) is 24.8 Å². The molecule has 0 radical (unpaired) electrons. The topological polar surface area (TPSA) is 38.3 Å². The van der Waals surface area contributed by atoms with Gasteiger partial charge in [-0.3, -0.25) is 4.79 Å². The fraction of sp³-hybridized carbons (Fsp3) is 0.222. The van der Waals surface area contributed by atoms with Crippen LogP contribution in [0.5, 0.6) is 5.75 Å². The van der Waals surface area contributed by atoms with Gasteiger partial charge in [0.2, 0.25) is 0 Å². The van der Waals surface area contributed by atoms with Crippen LogP contribution in [0.25, 0.3) is 0 Å². The normalized spacial score (nSPS) is 7.86. The van der Waals surface area contributed by atoms with Crippen LogP contribution in [0.2, 0.25) is 0 Å². The Kier molecular flexibility index (Phi) is 8.29. The first-order chi connectivity index (χ1) is 5.79. The van der Waals surface area contributed by atoms with Gasteiger partial charge >= 0.3 is 0 Å². The van der Waals surface area contributed by atoms with Crippen molar-refractivity contribution >= 4 is 30.7 Å². The second-order valence-electron chi connectivity index (χ2n) is 2.28. The summed E-state index contributed by atoms with van der Waals surface area (Å²) in [5.74, 6) is 0.462. The van der Waals surface area contributed by atoms with Crippen molar-refractivity contribution in [3.05, 3.63) is 29.8 Å². The predicted octanol–water partition coefficient (Wildman–Crippen LogP) is 1.90. The van der Waals surface area contributed by atoms with E-state index in [1.165, 1.54) is 0 Å². The average Bonchev–Trinajstić information content (AvgIpc) is 2.16. The molecule has 0 unspecified atom stereocenters. The van der Waals surface area contributed by atoms with Gasteiger partial charge in [-0.05, 0) is 12.1 Å². The minimum Gasteiger partial charge on any atom is -0.496 e. The summed E-state index contributed by atoms with van der Waals surface area (Å²) in [7, 11) is 3.14. The summed E-state index contributed by atoms with van der Waals surface area (Å²) in [5, 5.41) is 2.54. The predicted molar refractivity (Wildman–Crippen MR) is 60.9 cm³/mol. The van der Waals surface area contributed by atoms with Crippen LogP contribution in [-0.4, -0.2) is 20.1 Å². The van der Waals surface area contributed by atoms with Gasteiger partial charge in [-0.1, -0.05) is 12.1 Å². The van der Waals surface area contributed by atoms with E-state index in [0.29, 0.717) is 11.3 Å². The van der Waals surface area contributed by atoms with Crippen LogP contribution in [-0.2, 0) is 0 Å². The second-order valence-corrected chi connectivity index (χ2v) is 2.28. The maximum atomic E-state index is 11.2. The number of carbonyl (C=O) groups excluding carboxylic acids is 1. The van der Waals surface area contributed by atoms with E-state index in [4.69, 9.17) is 4.74 Å². The molecule has 0 spiro atoms. The molecule has 1 amide bonds. The molecule has 0 atom stereocenters. The summed E-state index contributed by atoms with van der Waals surface area (Å²) in [4.78, 5) is 11.2. The minimum atomic E-state index is -0.132. The number of hydrogen-bond donors (Lipinski definition) is 1. The lowest BCUT2D eigenvalue weighted by Gasteiger charge is -2.05. The van der Waals surface area contributed by atoms with Gasteiger partial charge < -0.3 is 10.1 Å². The van der Waals surface area contributed by atoms with E-state index in [2.05, 4.69) is 5.32 Å². The van der Waals surface area contributed by atoms with E-state index in [1.54, 1.807) is 32.4 Å². The highest BCUT2D eigenvalue weighted by Crippen LogP contribution is 2.16. The number of nitrogens with one attached hydrogen (secondary N) is 1. The third kappa shape index (κ3) is 3.44. The Morgan fingerprint density at radius 2 is 1.86 bits per heavy atom. The van der Waals surface area contributed by atoms with Crippen molar-refractivity contribution < 1.29 is 9.53 Å². The lowest BCUT2D eigenvalue weighted by Crippen LogP contribution is -2.18. The Balaban J connectivity index is 0. The Hall–Kier alpha value is -0.930. The number of amides is 1. The molecule has 80 valence electrons. The molecule has 0 fully saturated rings. The van der Waals surface area contributed by atoms with Crippen LogP contribution >= 0.6 is 24.8 Å². The number of rotatable bonds is 2. The van der Waals surface area contributed by atoms with Gasteiger partial charge in [0.05, 0.1) is 12.7 Å². The van der Waals surface area contributed by atoms with Crippen LogP contribution in [0, 0.1) is 0 Å². The van der Waals surface area contributed by atoms with E-state index in [-0.39, 0.29) is 30.7 Å². The summed E-state index contributed by atoms with van der Waals surface area (Å²) in [5.41, 5.74) is 0.558. The van der Waals surface area contributed by atoms with Crippen molar-refractivity contribution in [1.82, 2.24) is 5.32 Å². The maximum absolute atomic E-state index is 11.2. The highest BCUT2D eigenvalue weighted by atomic mass is 35.5. The molecule has 0 aliphatic rings. The van der Waals surface area contributed by atoms with Crippen LogP contribution < -0.4 is 10.1 Å². The molecule has 1 rings (SSSR count). The fourth-order valence-electron chi connectivity index (χ4n) is 0.967. The average molecular weight is 238 g/mol. The molecule has 0 saturated carbocycles. The molecule has 5 heteroatoms. The largest absolute Gasteiger partial charge is 0.496 e. The zero-order chi connectivity index (χ0) is 8.97. The number of hydrogen-bond acceptors (Lipinski definition) is 2. The van der Waals surface area contributed by atoms with Gasteiger partial charge in [-0.25, -0.2) is 0 Å². The zero-order valence-electron chi connectivity index (χ0n) is 7.94. The molecule has 1 aromatic carbocycles. The van der Waals surface area contributed by atoms with Gasteiger partial charge in [-0.2, -0.15) is 0 Å². The number of benzene rings is 1. The first-order valence-electron chi connectivity index (χ1n) is 3.64. The third-order valence-electron chi connectivity index (χ3n) is 1.58. The molecule has 0 heterocycles. The Labute approximate surface area is 95.7 Å². The van der Waals surface area contributed by atoms with E-state index in [1.807, 2.05) is 6.07 Å². The Morgan fingerprint density at radius 3 is 2.36 bits per heavy atom. The van der Waals surface area contributed by atoms with Crippen molar-refractivity contribution in [3.8, 4) is 5.75 Å². The van der Waals surface area contributed by atoms with E-state index in [0.717, 1.165) is 0 Å². The van der Waals surface area contributed by atoms with Gasteiger partial charge in [0, 0.05) is 7.05 Å². The molecule has 0 aliphatic heterocycles. The molecular formula is C9H13Cl2NO2. The zero-order valence-corrected chi connectivity index (χ0v) is 9.58. The molecule has 0 saturated heterocycles. The summed E-state index contributed by atoms with van der Waals surface area (Å²) < 4.78 is 5.01. The van der Waals surface area contributed by atoms with Crippen molar-refractivity contribution in [2.24, 2.45) is 0 Å². The quantitative estimate of drug-likeness (QED) is 0.854. The first-order valence-corrected chi connectivity index (χ1v) is 3.64. The van der Waals surface area contributed by atoms with Crippen LogP contribution in [0.4, 0.5) is 0 Å². The lowest BCUT2D eigenvalue weighted by molar-refractivity contribution is 0.0960. The van der Waals surface area contributed by atoms with E-state index >= 15 is 0 Å². The van der Waals surface area contributed by atoms with Crippen molar-refractivity contribution in [2.45, 2.75) is 0 Å². The van der Waals surface area contributed by atoms with Crippen LogP contribution in [0.1, 0.15) is 10.4 Å². The van der Waals surface area contributed by atoms with Crippen molar-refractivity contribution in [2.75, 3.05) is 14.2 Å². The van der Waals surface area contributed by atoms with E-state index < -0.39 is 0 Å². The molecular weight excluding hydrogens is 225 g/mol. The summed E-state index contributed by atoms with van der Waals surface area (Å²) in [6, 6.07) is 7.10. The van der Waals surface area contributed by atoms with E-state index in [9.17, 15) is 4.79 Å². The standard InChI is InChI=1S/C9H11NO2.2ClH/c1-10-9(11)7-5-3-4-6-8(7)12-2;;/h3-6H,1-2H3,(H,10,11);2*1H. The molecule has 0 bridgehead atoms. The molecule has 0 aliphatic carbocycles. The van der Waals surface area contributed by atoms with Gasteiger partial charge in [0.25, 0.3) is 5.91 Å². The second kappa shape index (κ2) is 7.47. The smallest absolute Gasteiger partial charge is 0.254 e. The fourth-order valence-corrected chi connectivity index (χ4v) is 0.967. The van der Waals surface area contributed by atoms with Gasteiger partial charge in [0.15, 0.2) is 0 Å². The number of ether oxygens (including phenoxy) is 1. The van der Waals surface area contributed by atoms with Crippen LogP contribution in [0.3, 0.4) is 0 Å². The Bertz CT molecular complexity index is 292. The summed E-state index contributed by atoms with van der Waals surface area (Å²) in [6.07, 6.45) is 0. The SMILES string of the molecule is CNC(=O)c1ccccc1OC.Cl.Cl. The number of para-hydroxylation sites is 1. The van der Waals surface area contributed by atoms with Crippen molar-refractivity contribution in [1.29, 1.82) is 0 Å². The highest BCUT2D eigenvalue weighted by molar-refractivity contribution is 5.96. The first kappa shape index (κ1) is 15.5. The summed E-state index contributed by atoms with van der Waals surface area (Å²) >= 11 is 0. The molecule has 1 N–H and O–H groups in total. The third-order valence-corrected chi connectivity index (χ3v) is 1.58. The number of halogens is 2. The monoisotopic (exact) mass is 237 g/mol. The van der Waals surface area contributed by atoms with Crippen molar-refractivity contribution in [3.63, 3.8) is 0 Å². The minimum absolute atomic E-state index is 0. The number of carbonyl (C=O) groups is 1. The maximum Gasteiger partial charge on any atom is 0.254 e. The van der Waals surface area contributed by atoms with Crippen LogP contribution in [0.15, 0.2) is 24.3 Å². The summed E-state index contributed by atoms with van der Waals surface area (Å²) in [6.45, 7) is 0. The van der Waals surface area contributed by atoms with Gasteiger partial charge in [0.1, 0.15) is 5.75 Å². The highest BCUT2D eigenvalue weighted by Gasteiger charge is 2.07. The molecule has 14 heavy (non-hydrogen) atoms. The molecule has 3 nitrogen and oxygen atoms in total. The Morgan fingerprint density at radius 1 is 1.29 bits per heavy atom. The molecule has 0 aromatic heterocycles. The number of methoxy groups -OCH3 is 1. The molecule has 1 aromatic rings. The lowest BCUT2D eigenvalue weighted by atomic mass is 10.2.